The predicted octanol–water partition coefficient (Wildman–Crippen LogP) is 1.35. The average molecular weight is 258 g/mol. The minimum atomic E-state index is -0.177. The first-order valence-corrected chi connectivity index (χ1v) is 6.63. The van der Waals surface area contributed by atoms with Crippen LogP contribution in [0.2, 0.25) is 0 Å². The summed E-state index contributed by atoms with van der Waals surface area (Å²) in [7, 11) is 0. The van der Waals surface area contributed by atoms with Crippen LogP contribution in [0.5, 0.6) is 0 Å². The van der Waals surface area contributed by atoms with Crippen molar-refractivity contribution in [1.82, 2.24) is 10.3 Å². The molecule has 0 saturated heterocycles. The van der Waals surface area contributed by atoms with Crippen molar-refractivity contribution in [3.8, 4) is 11.8 Å². The molecule has 1 saturated carbocycles. The van der Waals surface area contributed by atoms with Gasteiger partial charge in [0.1, 0.15) is 12.3 Å². The number of pyridine rings is 1. The SMILES string of the molecule is O=C(NCCC1CCC1)c1ccc(C#CCO)cn1. The highest BCUT2D eigenvalue weighted by Gasteiger charge is 2.17. The van der Waals surface area contributed by atoms with Crippen molar-refractivity contribution in [2.24, 2.45) is 5.92 Å². The summed E-state index contributed by atoms with van der Waals surface area (Å²) < 4.78 is 0. The summed E-state index contributed by atoms with van der Waals surface area (Å²) in [6.07, 6.45) is 6.53. The van der Waals surface area contributed by atoms with E-state index in [1.165, 1.54) is 19.3 Å². The minimum Gasteiger partial charge on any atom is -0.384 e. The Kier molecular flexibility index (Phi) is 4.93. The van der Waals surface area contributed by atoms with Crippen LogP contribution in [-0.2, 0) is 0 Å². The number of nitrogens with one attached hydrogen (secondary N) is 1. The highest BCUT2D eigenvalue weighted by Crippen LogP contribution is 2.28. The molecule has 0 spiro atoms. The molecule has 1 aliphatic rings. The van der Waals surface area contributed by atoms with Crippen LogP contribution in [0.1, 0.15) is 41.7 Å². The van der Waals surface area contributed by atoms with Crippen LogP contribution in [0.4, 0.5) is 0 Å². The van der Waals surface area contributed by atoms with Crippen molar-refractivity contribution in [1.29, 1.82) is 0 Å². The van der Waals surface area contributed by atoms with E-state index in [0.717, 1.165) is 18.9 Å². The number of aliphatic hydroxyl groups excluding tert-OH is 1. The van der Waals surface area contributed by atoms with E-state index in [1.807, 2.05) is 0 Å². The average Bonchev–Trinajstić information content (AvgIpc) is 2.39. The molecule has 1 heterocycles. The maximum Gasteiger partial charge on any atom is 0.269 e. The van der Waals surface area contributed by atoms with E-state index in [1.54, 1.807) is 18.3 Å². The zero-order valence-electron chi connectivity index (χ0n) is 10.9. The Morgan fingerprint density at radius 2 is 2.32 bits per heavy atom. The second kappa shape index (κ2) is 6.91. The standard InChI is InChI=1S/C15H18N2O2/c18-10-2-5-13-6-7-14(17-11-13)15(19)16-9-8-12-3-1-4-12/h6-7,11-12,18H,1,3-4,8-10H2,(H,16,19). The summed E-state index contributed by atoms with van der Waals surface area (Å²) in [5.41, 5.74) is 1.10. The Labute approximate surface area is 113 Å². The van der Waals surface area contributed by atoms with E-state index in [0.29, 0.717) is 11.3 Å². The number of nitrogens with zero attached hydrogens (tertiary/aromatic N) is 1. The van der Waals surface area contributed by atoms with Gasteiger partial charge in [-0.1, -0.05) is 31.1 Å². The van der Waals surface area contributed by atoms with Crippen molar-refractivity contribution < 1.29 is 9.90 Å². The fraction of sp³-hybridized carbons (Fsp3) is 0.467. The van der Waals surface area contributed by atoms with Crippen LogP contribution in [0.3, 0.4) is 0 Å². The van der Waals surface area contributed by atoms with Crippen molar-refractivity contribution in [3.63, 3.8) is 0 Å². The number of amides is 1. The number of hydrogen-bond acceptors (Lipinski definition) is 3. The number of carbonyl (C=O) groups is 1. The summed E-state index contributed by atoms with van der Waals surface area (Å²) in [5, 5.41) is 11.5. The molecule has 4 heteroatoms. The van der Waals surface area contributed by atoms with Crippen LogP contribution >= 0.6 is 0 Å². The lowest BCUT2D eigenvalue weighted by Crippen LogP contribution is -2.28. The molecule has 100 valence electrons. The van der Waals surface area contributed by atoms with Crippen LogP contribution in [-0.4, -0.2) is 29.1 Å². The highest BCUT2D eigenvalue weighted by atomic mass is 16.2. The van der Waals surface area contributed by atoms with Gasteiger partial charge in [0.15, 0.2) is 0 Å². The maximum absolute atomic E-state index is 11.8. The molecule has 0 bridgehead atoms. The molecule has 0 atom stereocenters. The molecule has 4 nitrogen and oxygen atoms in total. The minimum absolute atomic E-state index is 0.138. The summed E-state index contributed by atoms with van der Waals surface area (Å²) in [6, 6.07) is 3.39. The first-order valence-electron chi connectivity index (χ1n) is 6.63. The van der Waals surface area contributed by atoms with Gasteiger partial charge in [0.05, 0.1) is 0 Å². The number of aliphatic hydroxyl groups is 1. The Bertz CT molecular complexity index is 481. The maximum atomic E-state index is 11.8. The number of aromatic nitrogens is 1. The van der Waals surface area contributed by atoms with E-state index in [2.05, 4.69) is 22.1 Å². The van der Waals surface area contributed by atoms with Crippen LogP contribution in [0, 0.1) is 17.8 Å². The van der Waals surface area contributed by atoms with Crippen molar-refractivity contribution >= 4 is 5.91 Å². The predicted molar refractivity (Wildman–Crippen MR) is 72.5 cm³/mol. The molecule has 0 aromatic carbocycles. The molecule has 2 rings (SSSR count). The molecule has 1 amide bonds. The van der Waals surface area contributed by atoms with Gasteiger partial charge in [-0.3, -0.25) is 4.79 Å². The highest BCUT2D eigenvalue weighted by molar-refractivity contribution is 5.92. The lowest BCUT2D eigenvalue weighted by Gasteiger charge is -2.25. The third-order valence-electron chi connectivity index (χ3n) is 3.37. The zero-order chi connectivity index (χ0) is 13.5. The third kappa shape index (κ3) is 4.08. The fourth-order valence-electron chi connectivity index (χ4n) is 2.01. The Morgan fingerprint density at radius 3 is 2.89 bits per heavy atom. The quantitative estimate of drug-likeness (QED) is 0.801. The molecule has 0 unspecified atom stereocenters. The first kappa shape index (κ1) is 13.6. The monoisotopic (exact) mass is 258 g/mol. The molecular weight excluding hydrogens is 240 g/mol. The van der Waals surface area contributed by atoms with Crippen LogP contribution in [0.15, 0.2) is 18.3 Å². The van der Waals surface area contributed by atoms with Gasteiger partial charge in [0.25, 0.3) is 5.91 Å². The van der Waals surface area contributed by atoms with Crippen LogP contribution < -0.4 is 5.32 Å². The van der Waals surface area contributed by atoms with E-state index in [-0.39, 0.29) is 12.5 Å². The Balaban J connectivity index is 1.81. The molecule has 1 fully saturated rings. The molecule has 2 N–H and O–H groups in total. The summed E-state index contributed by atoms with van der Waals surface area (Å²) in [5.74, 6) is 5.94. The van der Waals surface area contributed by atoms with E-state index in [4.69, 9.17) is 5.11 Å². The smallest absolute Gasteiger partial charge is 0.269 e. The molecule has 1 aliphatic carbocycles. The first-order chi connectivity index (χ1) is 9.29. The molecule has 0 aliphatic heterocycles. The van der Waals surface area contributed by atoms with Crippen molar-refractivity contribution in [2.45, 2.75) is 25.7 Å². The summed E-state index contributed by atoms with van der Waals surface area (Å²) in [4.78, 5) is 15.9. The van der Waals surface area contributed by atoms with Gasteiger partial charge in [-0.2, -0.15) is 0 Å². The second-order valence-electron chi connectivity index (χ2n) is 4.73. The molecule has 19 heavy (non-hydrogen) atoms. The number of hydrogen-bond donors (Lipinski definition) is 2. The van der Waals surface area contributed by atoms with Gasteiger partial charge < -0.3 is 10.4 Å². The Morgan fingerprint density at radius 1 is 1.47 bits per heavy atom. The van der Waals surface area contributed by atoms with Gasteiger partial charge in [-0.25, -0.2) is 4.98 Å². The van der Waals surface area contributed by atoms with Crippen molar-refractivity contribution in [2.75, 3.05) is 13.2 Å². The summed E-state index contributed by atoms with van der Waals surface area (Å²) in [6.45, 7) is 0.542. The van der Waals surface area contributed by atoms with E-state index < -0.39 is 0 Å². The largest absolute Gasteiger partial charge is 0.384 e. The molecular formula is C15H18N2O2. The number of rotatable bonds is 4. The van der Waals surface area contributed by atoms with Gasteiger partial charge in [0, 0.05) is 18.3 Å². The van der Waals surface area contributed by atoms with Gasteiger partial charge in [0.2, 0.25) is 0 Å². The van der Waals surface area contributed by atoms with Crippen LogP contribution in [0.25, 0.3) is 0 Å². The number of carbonyl (C=O) groups excluding carboxylic acids is 1. The van der Waals surface area contributed by atoms with E-state index in [9.17, 15) is 4.79 Å². The fourth-order valence-corrected chi connectivity index (χ4v) is 2.01. The topological polar surface area (TPSA) is 62.2 Å². The normalized spacial score (nSPS) is 14.2. The van der Waals surface area contributed by atoms with Crippen molar-refractivity contribution in [3.05, 3.63) is 29.6 Å². The Hall–Kier alpha value is -1.86. The van der Waals surface area contributed by atoms with Gasteiger partial charge >= 0.3 is 0 Å². The molecule has 0 radical (unpaired) electrons. The van der Waals surface area contributed by atoms with Gasteiger partial charge in [-0.05, 0) is 24.5 Å². The molecule has 1 aromatic heterocycles. The third-order valence-corrected chi connectivity index (χ3v) is 3.37. The zero-order valence-corrected chi connectivity index (χ0v) is 10.9. The second-order valence-corrected chi connectivity index (χ2v) is 4.73. The molecule has 1 aromatic rings. The lowest BCUT2D eigenvalue weighted by molar-refractivity contribution is 0.0944. The lowest BCUT2D eigenvalue weighted by atomic mass is 9.83. The summed E-state index contributed by atoms with van der Waals surface area (Å²) >= 11 is 0. The van der Waals surface area contributed by atoms with E-state index >= 15 is 0 Å². The van der Waals surface area contributed by atoms with Gasteiger partial charge in [-0.15, -0.1) is 0 Å².